The maximum atomic E-state index is 4.74. The van der Waals surface area contributed by atoms with Crippen molar-refractivity contribution in [3.05, 3.63) is 41.1 Å². The van der Waals surface area contributed by atoms with Gasteiger partial charge in [-0.1, -0.05) is 13.0 Å². The molecule has 0 aliphatic heterocycles. The lowest BCUT2D eigenvalue weighted by Gasteiger charge is -2.15. The van der Waals surface area contributed by atoms with E-state index in [4.69, 9.17) is 4.98 Å². The quantitative estimate of drug-likeness (QED) is 0.915. The van der Waals surface area contributed by atoms with Crippen molar-refractivity contribution in [2.75, 3.05) is 11.9 Å². The highest BCUT2D eigenvalue weighted by Gasteiger charge is 2.17. The van der Waals surface area contributed by atoms with Gasteiger partial charge in [0.15, 0.2) is 0 Å². The van der Waals surface area contributed by atoms with Crippen LogP contribution in [0, 0.1) is 6.92 Å². The minimum atomic E-state index is 0.884. The first-order valence-electron chi connectivity index (χ1n) is 8.01. The van der Waals surface area contributed by atoms with E-state index < -0.39 is 0 Å². The maximum Gasteiger partial charge on any atom is 0.125 e. The molecule has 1 aliphatic carbocycles. The fourth-order valence-electron chi connectivity index (χ4n) is 3.00. The number of imidazole rings is 1. The molecule has 0 atom stereocenters. The second-order valence-corrected chi connectivity index (χ2v) is 5.82. The van der Waals surface area contributed by atoms with Gasteiger partial charge in [0.05, 0.1) is 12.2 Å². The standard InChI is InChI=1S/C17H24N4/c1-3-10-18-17-9-8-14(11-19-17)12-21-13(2)20-15-6-4-5-7-16(15)21/h8-9,11H,3-7,10,12H2,1-2H3,(H,18,19). The number of rotatable bonds is 5. The minimum Gasteiger partial charge on any atom is -0.370 e. The van der Waals surface area contributed by atoms with E-state index in [2.05, 4.69) is 40.8 Å². The number of nitrogens with zero attached hydrogens (tertiary/aromatic N) is 3. The predicted molar refractivity (Wildman–Crippen MR) is 85.7 cm³/mol. The van der Waals surface area contributed by atoms with Gasteiger partial charge in [-0.15, -0.1) is 0 Å². The largest absolute Gasteiger partial charge is 0.370 e. The van der Waals surface area contributed by atoms with Crippen LogP contribution in [-0.2, 0) is 19.4 Å². The molecule has 0 saturated heterocycles. The lowest BCUT2D eigenvalue weighted by atomic mass is 10.0. The molecule has 4 nitrogen and oxygen atoms in total. The van der Waals surface area contributed by atoms with E-state index in [-0.39, 0.29) is 0 Å². The molecule has 2 heterocycles. The second kappa shape index (κ2) is 6.29. The Hall–Kier alpha value is -1.84. The maximum absolute atomic E-state index is 4.74. The molecule has 2 aromatic rings. The fourth-order valence-corrected chi connectivity index (χ4v) is 3.00. The first kappa shape index (κ1) is 14.1. The Balaban J connectivity index is 1.76. The van der Waals surface area contributed by atoms with Crippen molar-refractivity contribution in [1.82, 2.24) is 14.5 Å². The van der Waals surface area contributed by atoms with Crippen molar-refractivity contribution in [3.8, 4) is 0 Å². The van der Waals surface area contributed by atoms with E-state index in [0.717, 1.165) is 37.6 Å². The number of aromatic nitrogens is 3. The number of fused-ring (bicyclic) bond motifs is 1. The molecule has 1 aliphatic rings. The first-order chi connectivity index (χ1) is 10.3. The van der Waals surface area contributed by atoms with E-state index in [1.165, 1.54) is 36.2 Å². The average molecular weight is 284 g/mol. The van der Waals surface area contributed by atoms with E-state index >= 15 is 0 Å². The highest BCUT2D eigenvalue weighted by molar-refractivity contribution is 5.35. The molecule has 0 fully saturated rings. The first-order valence-corrected chi connectivity index (χ1v) is 8.01. The van der Waals surface area contributed by atoms with Gasteiger partial charge in [-0.3, -0.25) is 0 Å². The van der Waals surface area contributed by atoms with Gasteiger partial charge < -0.3 is 9.88 Å². The molecule has 0 amide bonds. The molecule has 3 rings (SSSR count). The monoisotopic (exact) mass is 284 g/mol. The van der Waals surface area contributed by atoms with Gasteiger partial charge in [0.1, 0.15) is 11.6 Å². The summed E-state index contributed by atoms with van der Waals surface area (Å²) < 4.78 is 2.37. The topological polar surface area (TPSA) is 42.7 Å². The molecule has 1 N–H and O–H groups in total. The van der Waals surface area contributed by atoms with Crippen molar-refractivity contribution in [1.29, 1.82) is 0 Å². The summed E-state index contributed by atoms with van der Waals surface area (Å²) in [5.41, 5.74) is 3.99. The normalized spacial score (nSPS) is 14.0. The molecule has 0 radical (unpaired) electrons. The van der Waals surface area contributed by atoms with Crippen molar-refractivity contribution in [2.24, 2.45) is 0 Å². The molecule has 2 aromatic heterocycles. The van der Waals surface area contributed by atoms with Crippen LogP contribution in [0.3, 0.4) is 0 Å². The van der Waals surface area contributed by atoms with E-state index in [9.17, 15) is 0 Å². The zero-order chi connectivity index (χ0) is 14.7. The van der Waals surface area contributed by atoms with Gasteiger partial charge in [0.2, 0.25) is 0 Å². The SMILES string of the molecule is CCCNc1ccc(Cn2c(C)nc3c2CCCC3)cn1. The van der Waals surface area contributed by atoms with Gasteiger partial charge in [-0.2, -0.15) is 0 Å². The fraction of sp³-hybridized carbons (Fsp3) is 0.529. The molecule has 21 heavy (non-hydrogen) atoms. The van der Waals surface area contributed by atoms with Crippen molar-refractivity contribution in [2.45, 2.75) is 52.5 Å². The molecular weight excluding hydrogens is 260 g/mol. The third kappa shape index (κ3) is 3.09. The van der Waals surface area contributed by atoms with E-state index in [0.29, 0.717) is 0 Å². The third-order valence-corrected chi connectivity index (χ3v) is 4.15. The summed E-state index contributed by atoms with van der Waals surface area (Å²) in [6, 6.07) is 4.24. The van der Waals surface area contributed by atoms with Gasteiger partial charge in [0.25, 0.3) is 0 Å². The van der Waals surface area contributed by atoms with Gasteiger partial charge in [-0.25, -0.2) is 9.97 Å². The molecule has 0 unspecified atom stereocenters. The molecule has 0 spiro atoms. The second-order valence-electron chi connectivity index (χ2n) is 5.82. The Morgan fingerprint density at radius 1 is 1.24 bits per heavy atom. The van der Waals surface area contributed by atoms with E-state index in [1.54, 1.807) is 0 Å². The van der Waals surface area contributed by atoms with Crippen LogP contribution in [0.2, 0.25) is 0 Å². The smallest absolute Gasteiger partial charge is 0.125 e. The molecule has 0 saturated carbocycles. The van der Waals surface area contributed by atoms with Crippen molar-refractivity contribution in [3.63, 3.8) is 0 Å². The van der Waals surface area contributed by atoms with Gasteiger partial charge >= 0.3 is 0 Å². The van der Waals surface area contributed by atoms with Crippen molar-refractivity contribution >= 4 is 5.82 Å². The van der Waals surface area contributed by atoms with Gasteiger partial charge in [0, 0.05) is 18.4 Å². The molecule has 112 valence electrons. The number of nitrogens with one attached hydrogen (secondary N) is 1. The Kier molecular flexibility index (Phi) is 4.23. The van der Waals surface area contributed by atoms with Crippen LogP contribution < -0.4 is 5.32 Å². The van der Waals surface area contributed by atoms with E-state index in [1.807, 2.05) is 6.20 Å². The molecule has 0 bridgehead atoms. The summed E-state index contributed by atoms with van der Waals surface area (Å²) in [6.45, 7) is 6.13. The van der Waals surface area contributed by atoms with Crippen LogP contribution in [0.5, 0.6) is 0 Å². The summed E-state index contributed by atoms with van der Waals surface area (Å²) >= 11 is 0. The Bertz CT molecular complexity index is 598. The molecule has 0 aromatic carbocycles. The van der Waals surface area contributed by atoms with Crippen LogP contribution in [0.15, 0.2) is 18.3 Å². The highest BCUT2D eigenvalue weighted by Crippen LogP contribution is 2.23. The molecular formula is C17H24N4. The lowest BCUT2D eigenvalue weighted by molar-refractivity contribution is 0.624. The zero-order valence-electron chi connectivity index (χ0n) is 13.0. The summed E-state index contributed by atoms with van der Waals surface area (Å²) in [5.74, 6) is 2.10. The number of anilines is 1. The number of hydrogen-bond acceptors (Lipinski definition) is 3. The summed E-state index contributed by atoms with van der Waals surface area (Å²) in [6.07, 6.45) is 7.97. The Morgan fingerprint density at radius 2 is 2.10 bits per heavy atom. The van der Waals surface area contributed by atoms with Gasteiger partial charge in [-0.05, 0) is 50.7 Å². The summed E-state index contributed by atoms with van der Waals surface area (Å²) in [4.78, 5) is 9.23. The summed E-state index contributed by atoms with van der Waals surface area (Å²) in [5, 5.41) is 3.31. The highest BCUT2D eigenvalue weighted by atomic mass is 15.1. The summed E-state index contributed by atoms with van der Waals surface area (Å²) in [7, 11) is 0. The van der Waals surface area contributed by atoms with Crippen molar-refractivity contribution < 1.29 is 0 Å². The minimum absolute atomic E-state index is 0.884. The number of aryl methyl sites for hydroxylation is 2. The van der Waals surface area contributed by atoms with Crippen LogP contribution in [0.25, 0.3) is 0 Å². The molecule has 4 heteroatoms. The van der Waals surface area contributed by atoms with Crippen LogP contribution in [0.1, 0.15) is 49.0 Å². The van der Waals surface area contributed by atoms with Crippen LogP contribution in [0.4, 0.5) is 5.82 Å². The Labute approximate surface area is 126 Å². The van der Waals surface area contributed by atoms with Crippen LogP contribution >= 0.6 is 0 Å². The lowest BCUT2D eigenvalue weighted by Crippen LogP contribution is -2.10. The predicted octanol–water partition coefficient (Wildman–Crippen LogP) is 3.34. The Morgan fingerprint density at radius 3 is 2.86 bits per heavy atom. The average Bonchev–Trinajstić information content (AvgIpc) is 2.83. The number of pyridine rings is 1. The zero-order valence-corrected chi connectivity index (χ0v) is 13.0. The van der Waals surface area contributed by atoms with Crippen LogP contribution in [-0.4, -0.2) is 21.1 Å². The number of hydrogen-bond donors (Lipinski definition) is 1. The third-order valence-electron chi connectivity index (χ3n) is 4.15.